The molecule has 0 radical (unpaired) electrons. The Bertz CT molecular complexity index is 181. The first kappa shape index (κ1) is 8.11. The maximum atomic E-state index is 10.6. The van der Waals surface area contributed by atoms with E-state index in [9.17, 15) is 4.79 Å². The van der Waals surface area contributed by atoms with Gasteiger partial charge in [0.2, 0.25) is 0 Å². The van der Waals surface area contributed by atoms with Crippen molar-refractivity contribution in [3.8, 4) is 0 Å². The van der Waals surface area contributed by atoms with Crippen molar-refractivity contribution in [1.82, 2.24) is 4.90 Å². The third-order valence-electron chi connectivity index (χ3n) is 1.81. The normalized spacial score (nSPS) is 19.0. The molecule has 0 spiro atoms. The molecule has 1 rings (SSSR count). The van der Waals surface area contributed by atoms with Gasteiger partial charge in [0, 0.05) is 26.2 Å². The van der Waals surface area contributed by atoms with Gasteiger partial charge in [-0.15, -0.1) is 0 Å². The molecule has 1 heterocycles. The summed E-state index contributed by atoms with van der Waals surface area (Å²) in [6.07, 6.45) is 3.85. The first-order valence-electron chi connectivity index (χ1n) is 3.86. The predicted octanol–water partition coefficient (Wildman–Crippen LogP) is 1.07. The van der Waals surface area contributed by atoms with Crippen molar-refractivity contribution in [2.24, 2.45) is 0 Å². The van der Waals surface area contributed by atoms with E-state index in [0.29, 0.717) is 0 Å². The Morgan fingerprint density at radius 2 is 2.00 bits per heavy atom. The molecule has 1 fully saturated rings. The minimum Gasteiger partial charge on any atom is -0.503 e. The number of hydrogen-bond donors (Lipinski definition) is 1. The molecule has 11 heavy (non-hydrogen) atoms. The number of carbonyl (C=O) groups is 1. The molecule has 1 N–H and O–H groups in total. The van der Waals surface area contributed by atoms with Gasteiger partial charge in [0.05, 0.1) is 0 Å². The summed E-state index contributed by atoms with van der Waals surface area (Å²) in [5, 5.41) is 9.06. The lowest BCUT2D eigenvalue weighted by Gasteiger charge is -2.10. The molecule has 0 bridgehead atoms. The number of aliphatic hydroxyl groups is 1. The van der Waals surface area contributed by atoms with Gasteiger partial charge in [-0.25, -0.2) is 0 Å². The zero-order valence-corrected chi connectivity index (χ0v) is 6.71. The smallest absolute Gasteiger partial charge is 0.195 e. The van der Waals surface area contributed by atoms with Gasteiger partial charge in [0.15, 0.2) is 11.5 Å². The number of hydrogen-bond acceptors (Lipinski definition) is 3. The molecule has 0 aromatic carbocycles. The highest BCUT2D eigenvalue weighted by Gasteiger charge is 2.09. The standard InChI is InChI=1S/C8H13NO2/c1-7(10)8(11)6-9-4-2-3-5-9/h6,11H,2-5H2,1H3/b8-6-. The van der Waals surface area contributed by atoms with Gasteiger partial charge >= 0.3 is 0 Å². The van der Waals surface area contributed by atoms with Crippen molar-refractivity contribution in [2.75, 3.05) is 13.1 Å². The van der Waals surface area contributed by atoms with Gasteiger partial charge in [-0.05, 0) is 12.8 Å². The number of carbonyl (C=O) groups excluding carboxylic acids is 1. The van der Waals surface area contributed by atoms with E-state index in [2.05, 4.69) is 0 Å². The number of rotatable bonds is 2. The first-order valence-corrected chi connectivity index (χ1v) is 3.86. The van der Waals surface area contributed by atoms with E-state index in [1.54, 1.807) is 0 Å². The van der Waals surface area contributed by atoms with E-state index in [1.165, 1.54) is 13.1 Å². The lowest BCUT2D eigenvalue weighted by molar-refractivity contribution is -0.116. The SMILES string of the molecule is CC(=O)/C(O)=C/N1CCCC1. The van der Waals surface area contributed by atoms with E-state index in [1.807, 2.05) is 4.90 Å². The highest BCUT2D eigenvalue weighted by molar-refractivity contribution is 5.90. The zero-order chi connectivity index (χ0) is 8.27. The fraction of sp³-hybridized carbons (Fsp3) is 0.625. The number of nitrogens with zero attached hydrogens (tertiary/aromatic N) is 1. The monoisotopic (exact) mass is 155 g/mol. The molecule has 0 aromatic rings. The fourth-order valence-corrected chi connectivity index (χ4v) is 1.13. The lowest BCUT2D eigenvalue weighted by Crippen LogP contribution is -2.13. The summed E-state index contributed by atoms with van der Waals surface area (Å²) < 4.78 is 0. The highest BCUT2D eigenvalue weighted by atomic mass is 16.3. The van der Waals surface area contributed by atoms with Gasteiger partial charge in [-0.3, -0.25) is 4.79 Å². The van der Waals surface area contributed by atoms with Crippen LogP contribution in [0.1, 0.15) is 19.8 Å². The molecule has 1 saturated heterocycles. The Labute approximate surface area is 66.3 Å². The van der Waals surface area contributed by atoms with Crippen molar-refractivity contribution in [3.05, 3.63) is 12.0 Å². The molecule has 0 unspecified atom stereocenters. The van der Waals surface area contributed by atoms with Crippen LogP contribution in [0.2, 0.25) is 0 Å². The number of likely N-dealkylation sites (tertiary alicyclic amines) is 1. The van der Waals surface area contributed by atoms with Gasteiger partial charge in [0.25, 0.3) is 0 Å². The van der Waals surface area contributed by atoms with Crippen molar-refractivity contribution < 1.29 is 9.90 Å². The second-order valence-corrected chi connectivity index (χ2v) is 2.81. The number of allylic oxidation sites excluding steroid dienone is 1. The Morgan fingerprint density at radius 3 is 2.45 bits per heavy atom. The Morgan fingerprint density at radius 1 is 1.45 bits per heavy atom. The molecule has 1 aliphatic heterocycles. The molecule has 1 aliphatic rings. The minimum absolute atomic E-state index is 0.132. The number of ketones is 1. The van der Waals surface area contributed by atoms with E-state index in [0.717, 1.165) is 25.9 Å². The summed E-state index contributed by atoms with van der Waals surface area (Å²) in [6.45, 7) is 3.27. The molecule has 0 aliphatic carbocycles. The second-order valence-electron chi connectivity index (χ2n) is 2.81. The van der Waals surface area contributed by atoms with Crippen LogP contribution < -0.4 is 0 Å². The minimum atomic E-state index is -0.267. The summed E-state index contributed by atoms with van der Waals surface area (Å²) in [7, 11) is 0. The summed E-state index contributed by atoms with van der Waals surface area (Å²) in [5.74, 6) is -0.399. The van der Waals surface area contributed by atoms with Gasteiger partial charge in [0.1, 0.15) is 0 Å². The Hall–Kier alpha value is -0.990. The maximum absolute atomic E-state index is 10.6. The Balaban J connectivity index is 2.49. The van der Waals surface area contributed by atoms with E-state index < -0.39 is 0 Å². The molecule has 0 saturated carbocycles. The molecule has 3 heteroatoms. The number of Topliss-reactive ketones (excluding diaryl/α,β-unsaturated/α-hetero) is 1. The average Bonchev–Trinajstić information content (AvgIpc) is 2.39. The molecule has 0 atom stereocenters. The second kappa shape index (κ2) is 3.42. The maximum Gasteiger partial charge on any atom is 0.195 e. The lowest BCUT2D eigenvalue weighted by atomic mass is 10.4. The summed E-state index contributed by atoms with van der Waals surface area (Å²) in [4.78, 5) is 12.6. The predicted molar refractivity (Wildman–Crippen MR) is 42.2 cm³/mol. The van der Waals surface area contributed by atoms with Crippen LogP contribution in [0.15, 0.2) is 12.0 Å². The highest BCUT2D eigenvalue weighted by Crippen LogP contribution is 2.08. The van der Waals surface area contributed by atoms with Crippen LogP contribution in [0.5, 0.6) is 0 Å². The molecule has 62 valence electrons. The van der Waals surface area contributed by atoms with Crippen molar-refractivity contribution in [3.63, 3.8) is 0 Å². The average molecular weight is 155 g/mol. The molecular formula is C8H13NO2. The third kappa shape index (κ3) is 2.26. The molecule has 3 nitrogen and oxygen atoms in total. The van der Waals surface area contributed by atoms with Crippen LogP contribution in [0.3, 0.4) is 0 Å². The molecule has 0 amide bonds. The largest absolute Gasteiger partial charge is 0.503 e. The van der Waals surface area contributed by atoms with Crippen LogP contribution in [0, 0.1) is 0 Å². The van der Waals surface area contributed by atoms with E-state index in [4.69, 9.17) is 5.11 Å². The van der Waals surface area contributed by atoms with E-state index >= 15 is 0 Å². The van der Waals surface area contributed by atoms with Crippen LogP contribution in [-0.2, 0) is 4.79 Å². The van der Waals surface area contributed by atoms with Gasteiger partial charge in [-0.2, -0.15) is 0 Å². The van der Waals surface area contributed by atoms with Crippen molar-refractivity contribution >= 4 is 5.78 Å². The van der Waals surface area contributed by atoms with Crippen molar-refractivity contribution in [1.29, 1.82) is 0 Å². The van der Waals surface area contributed by atoms with Gasteiger partial charge in [-0.1, -0.05) is 0 Å². The van der Waals surface area contributed by atoms with Crippen LogP contribution in [-0.4, -0.2) is 28.9 Å². The van der Waals surface area contributed by atoms with Gasteiger partial charge < -0.3 is 10.0 Å². The van der Waals surface area contributed by atoms with Crippen LogP contribution >= 0.6 is 0 Å². The number of aliphatic hydroxyl groups excluding tert-OH is 1. The first-order chi connectivity index (χ1) is 5.20. The molecule has 0 aromatic heterocycles. The van der Waals surface area contributed by atoms with Crippen LogP contribution in [0.25, 0.3) is 0 Å². The third-order valence-corrected chi connectivity index (χ3v) is 1.81. The summed E-state index contributed by atoms with van der Waals surface area (Å²) in [6, 6.07) is 0. The van der Waals surface area contributed by atoms with Crippen molar-refractivity contribution in [2.45, 2.75) is 19.8 Å². The summed E-state index contributed by atoms with van der Waals surface area (Å²) >= 11 is 0. The van der Waals surface area contributed by atoms with Crippen LogP contribution in [0.4, 0.5) is 0 Å². The van der Waals surface area contributed by atoms with E-state index in [-0.39, 0.29) is 11.5 Å². The quantitative estimate of drug-likeness (QED) is 0.479. The zero-order valence-electron chi connectivity index (χ0n) is 6.71. The summed E-state index contributed by atoms with van der Waals surface area (Å²) in [5.41, 5.74) is 0. The molecular weight excluding hydrogens is 142 g/mol. The fourth-order valence-electron chi connectivity index (χ4n) is 1.13. The Kier molecular flexibility index (Phi) is 2.52. The topological polar surface area (TPSA) is 40.5 Å².